The third-order valence-electron chi connectivity index (χ3n) is 2.04. The van der Waals surface area contributed by atoms with Crippen molar-refractivity contribution in [1.82, 2.24) is 4.72 Å². The molecule has 1 aromatic carbocycles. The zero-order valence-corrected chi connectivity index (χ0v) is 12.5. The normalized spacial score (nSPS) is 11.4. The van der Waals surface area contributed by atoms with Crippen molar-refractivity contribution in [3.05, 3.63) is 28.2 Å². The number of halogens is 2. The van der Waals surface area contributed by atoms with Crippen molar-refractivity contribution in [2.75, 3.05) is 6.54 Å². The number of sulfonamides is 1. The van der Waals surface area contributed by atoms with Gasteiger partial charge in [-0.05, 0) is 31.0 Å². The van der Waals surface area contributed by atoms with E-state index in [0.29, 0.717) is 17.8 Å². The highest BCUT2D eigenvalue weighted by Gasteiger charge is 2.14. The minimum absolute atomic E-state index is 0.0373. The summed E-state index contributed by atoms with van der Waals surface area (Å²) in [5.74, 6) is 0. The Labute approximate surface area is 122 Å². The minimum atomic E-state index is -3.61. The van der Waals surface area contributed by atoms with Crippen LogP contribution in [-0.2, 0) is 10.0 Å². The quantitative estimate of drug-likeness (QED) is 0.621. The lowest BCUT2D eigenvalue weighted by Crippen LogP contribution is -2.25. The highest BCUT2D eigenvalue weighted by molar-refractivity contribution is 7.89. The molecule has 0 saturated heterocycles. The highest BCUT2D eigenvalue weighted by Crippen LogP contribution is 2.22. The fraction of sp³-hybridized carbons (Fsp3) is 0.300. The van der Waals surface area contributed by atoms with E-state index in [1.165, 1.54) is 18.2 Å². The van der Waals surface area contributed by atoms with Crippen LogP contribution in [0.3, 0.4) is 0 Å². The molecule has 0 bridgehead atoms. The predicted molar refractivity (Wildman–Crippen MR) is 77.7 cm³/mol. The van der Waals surface area contributed by atoms with Gasteiger partial charge in [0.2, 0.25) is 10.0 Å². The van der Waals surface area contributed by atoms with E-state index < -0.39 is 10.0 Å². The Morgan fingerprint density at radius 3 is 2.33 bits per heavy atom. The molecule has 3 N–H and O–H groups in total. The molecule has 0 aliphatic rings. The van der Waals surface area contributed by atoms with E-state index in [0.717, 1.165) is 0 Å². The Balaban J connectivity index is 2.71. The van der Waals surface area contributed by atoms with Gasteiger partial charge in [0, 0.05) is 16.6 Å². The lowest BCUT2D eigenvalue weighted by molar-refractivity contribution is 0.580. The molecule has 0 amide bonds. The van der Waals surface area contributed by atoms with Gasteiger partial charge in [-0.1, -0.05) is 35.4 Å². The highest BCUT2D eigenvalue weighted by atomic mass is 35.5. The summed E-state index contributed by atoms with van der Waals surface area (Å²) in [6, 6.07) is 4.14. The van der Waals surface area contributed by atoms with E-state index in [1.807, 2.05) is 0 Å². The van der Waals surface area contributed by atoms with Gasteiger partial charge in [0.1, 0.15) is 0 Å². The molecule has 0 aliphatic carbocycles. The monoisotopic (exact) mass is 326 g/mol. The van der Waals surface area contributed by atoms with Crippen molar-refractivity contribution >= 4 is 50.4 Å². The lowest BCUT2D eigenvalue weighted by atomic mass is 10.3. The van der Waals surface area contributed by atoms with Gasteiger partial charge in [-0.15, -0.1) is 0 Å². The molecule has 0 radical (unpaired) electrons. The minimum Gasteiger partial charge on any atom is -0.393 e. The summed E-state index contributed by atoms with van der Waals surface area (Å²) in [4.78, 5) is 0.398. The molecule has 0 heterocycles. The summed E-state index contributed by atoms with van der Waals surface area (Å²) in [7, 11) is -3.61. The maximum atomic E-state index is 11.9. The Hall–Kier alpha value is -0.400. The van der Waals surface area contributed by atoms with Crippen LogP contribution in [0.25, 0.3) is 0 Å². The molecule has 0 aliphatic heterocycles. The van der Waals surface area contributed by atoms with Crippen LogP contribution in [0.15, 0.2) is 23.1 Å². The van der Waals surface area contributed by atoms with Crippen LogP contribution in [-0.4, -0.2) is 20.0 Å². The Morgan fingerprint density at radius 2 is 1.83 bits per heavy atom. The number of nitrogens with two attached hydrogens (primary N) is 1. The molecule has 0 atom stereocenters. The fourth-order valence-electron chi connectivity index (χ4n) is 1.24. The van der Waals surface area contributed by atoms with Gasteiger partial charge in [-0.3, -0.25) is 0 Å². The van der Waals surface area contributed by atoms with Gasteiger partial charge in [0.25, 0.3) is 0 Å². The van der Waals surface area contributed by atoms with Crippen molar-refractivity contribution in [2.24, 2.45) is 5.73 Å². The van der Waals surface area contributed by atoms with Gasteiger partial charge in [-0.2, -0.15) is 0 Å². The molecule has 1 aromatic rings. The van der Waals surface area contributed by atoms with Gasteiger partial charge in [0.05, 0.1) is 9.88 Å². The van der Waals surface area contributed by atoms with E-state index in [1.54, 1.807) is 0 Å². The van der Waals surface area contributed by atoms with E-state index in [9.17, 15) is 8.42 Å². The summed E-state index contributed by atoms with van der Waals surface area (Å²) in [6.07, 6.45) is 1.04. The summed E-state index contributed by atoms with van der Waals surface area (Å²) in [6.45, 7) is 0.254. The molecule has 18 heavy (non-hydrogen) atoms. The molecule has 0 saturated carbocycles. The van der Waals surface area contributed by atoms with Gasteiger partial charge in [0.15, 0.2) is 0 Å². The van der Waals surface area contributed by atoms with Crippen LogP contribution in [0, 0.1) is 0 Å². The molecule has 0 spiro atoms. The first-order valence-corrected chi connectivity index (χ1v) is 7.70. The Kier molecular flexibility index (Phi) is 5.81. The van der Waals surface area contributed by atoms with E-state index >= 15 is 0 Å². The number of hydrogen-bond donors (Lipinski definition) is 2. The topological polar surface area (TPSA) is 72.2 Å². The molecule has 100 valence electrons. The number of hydrogen-bond acceptors (Lipinski definition) is 3. The summed E-state index contributed by atoms with van der Waals surface area (Å²) in [5.41, 5.74) is 5.31. The first-order chi connectivity index (χ1) is 8.31. The number of nitrogens with one attached hydrogen (secondary N) is 1. The van der Waals surface area contributed by atoms with Crippen molar-refractivity contribution in [3.63, 3.8) is 0 Å². The second-order valence-corrected chi connectivity index (χ2v) is 6.74. The average molecular weight is 327 g/mol. The number of benzene rings is 1. The number of thiocarbonyl (C=S) groups is 1. The van der Waals surface area contributed by atoms with Crippen LogP contribution in [0.4, 0.5) is 0 Å². The summed E-state index contributed by atoms with van der Waals surface area (Å²) in [5, 5.41) is 0.539. The second kappa shape index (κ2) is 6.68. The van der Waals surface area contributed by atoms with E-state index in [-0.39, 0.29) is 21.5 Å². The Morgan fingerprint density at radius 1 is 1.28 bits per heavy atom. The maximum Gasteiger partial charge on any atom is 0.240 e. The molecular weight excluding hydrogens is 315 g/mol. The molecule has 1 rings (SSSR count). The van der Waals surface area contributed by atoms with Crippen molar-refractivity contribution in [2.45, 2.75) is 17.7 Å². The van der Waals surface area contributed by atoms with Crippen LogP contribution < -0.4 is 10.5 Å². The van der Waals surface area contributed by atoms with Gasteiger partial charge in [-0.25, -0.2) is 13.1 Å². The van der Waals surface area contributed by atoms with Crippen LogP contribution >= 0.6 is 35.4 Å². The predicted octanol–water partition coefficient (Wildman–Crippen LogP) is 2.34. The summed E-state index contributed by atoms with van der Waals surface area (Å²) < 4.78 is 26.2. The standard InChI is InChI=1S/C10H12Cl2N2O2S2/c11-7-4-8(12)6-9(5-7)18(15,16)14-3-1-2-10(13)17/h4-6,14H,1-3H2,(H2,13,17). The SMILES string of the molecule is NC(=S)CCCNS(=O)(=O)c1cc(Cl)cc(Cl)c1. The smallest absolute Gasteiger partial charge is 0.240 e. The third-order valence-corrected chi connectivity index (χ3v) is 4.12. The Bertz CT molecular complexity index is 527. The third kappa shape index (κ3) is 5.07. The molecule has 0 unspecified atom stereocenters. The van der Waals surface area contributed by atoms with Crippen molar-refractivity contribution in [3.8, 4) is 0 Å². The first kappa shape index (κ1) is 15.7. The van der Waals surface area contributed by atoms with Gasteiger partial charge < -0.3 is 5.73 Å². The molecule has 4 nitrogen and oxygen atoms in total. The van der Waals surface area contributed by atoms with E-state index in [4.69, 9.17) is 41.2 Å². The molecule has 0 fully saturated rings. The van der Waals surface area contributed by atoms with Crippen LogP contribution in [0.2, 0.25) is 10.0 Å². The lowest BCUT2D eigenvalue weighted by Gasteiger charge is -2.07. The average Bonchev–Trinajstić information content (AvgIpc) is 2.23. The zero-order chi connectivity index (χ0) is 13.8. The van der Waals surface area contributed by atoms with Gasteiger partial charge >= 0.3 is 0 Å². The van der Waals surface area contributed by atoms with Crippen LogP contribution in [0.1, 0.15) is 12.8 Å². The molecule has 0 aromatic heterocycles. The first-order valence-electron chi connectivity index (χ1n) is 5.05. The van der Waals surface area contributed by atoms with Crippen molar-refractivity contribution < 1.29 is 8.42 Å². The number of rotatable bonds is 6. The summed E-state index contributed by atoms with van der Waals surface area (Å²) >= 11 is 16.2. The molecule has 8 heteroatoms. The zero-order valence-electron chi connectivity index (χ0n) is 9.32. The van der Waals surface area contributed by atoms with Crippen molar-refractivity contribution in [1.29, 1.82) is 0 Å². The second-order valence-electron chi connectivity index (χ2n) is 3.57. The molecular formula is C10H12Cl2N2O2S2. The maximum absolute atomic E-state index is 11.9. The largest absolute Gasteiger partial charge is 0.393 e. The van der Waals surface area contributed by atoms with E-state index in [2.05, 4.69) is 4.72 Å². The van der Waals surface area contributed by atoms with Crippen LogP contribution in [0.5, 0.6) is 0 Å². The fourth-order valence-corrected chi connectivity index (χ4v) is 3.18.